The van der Waals surface area contributed by atoms with Gasteiger partial charge in [0, 0.05) is 37.6 Å². The van der Waals surface area contributed by atoms with E-state index in [0.717, 1.165) is 11.1 Å². The highest BCUT2D eigenvalue weighted by atomic mass is 16.4. The summed E-state index contributed by atoms with van der Waals surface area (Å²) in [6.45, 7) is 5.51. The molecule has 4 rings (SSSR count). The molecule has 2 amide bonds. The highest BCUT2D eigenvalue weighted by molar-refractivity contribution is 5.86. The van der Waals surface area contributed by atoms with Gasteiger partial charge in [0.1, 0.15) is 11.0 Å². The van der Waals surface area contributed by atoms with Gasteiger partial charge in [0.15, 0.2) is 0 Å². The van der Waals surface area contributed by atoms with Crippen molar-refractivity contribution in [3.63, 3.8) is 0 Å². The topological polar surface area (TPSA) is 138 Å². The van der Waals surface area contributed by atoms with Crippen molar-refractivity contribution in [2.45, 2.75) is 33.1 Å². The summed E-state index contributed by atoms with van der Waals surface area (Å²) in [5.74, 6) is -0.119. The lowest BCUT2D eigenvalue weighted by Crippen LogP contribution is -2.44. The Kier molecular flexibility index (Phi) is 5.89. The van der Waals surface area contributed by atoms with E-state index in [1.807, 2.05) is 36.9 Å². The van der Waals surface area contributed by atoms with Crippen LogP contribution in [0.3, 0.4) is 0 Å². The Morgan fingerprint density at radius 3 is 2.47 bits per heavy atom. The number of carboxylic acids is 1. The average Bonchev–Trinajstić information content (AvgIpc) is 3.21. The number of benzene rings is 1. The Bertz CT molecular complexity index is 1120. The molecule has 1 aliphatic rings. The van der Waals surface area contributed by atoms with Crippen molar-refractivity contribution in [3.05, 3.63) is 30.6 Å². The summed E-state index contributed by atoms with van der Waals surface area (Å²) in [5, 5.41) is 20.3. The highest BCUT2D eigenvalue weighted by Crippen LogP contribution is 2.36. The number of fused-ring (bicyclic) bond motifs is 1. The zero-order chi connectivity index (χ0) is 22.7. The number of nitrogens with zero attached hydrogens (tertiary/aromatic N) is 6. The molecule has 0 spiro atoms. The van der Waals surface area contributed by atoms with Gasteiger partial charge in [-0.15, -0.1) is 9.89 Å². The molecule has 1 saturated heterocycles. The van der Waals surface area contributed by atoms with Crippen LogP contribution in [-0.4, -0.2) is 61.8 Å². The van der Waals surface area contributed by atoms with Gasteiger partial charge >= 0.3 is 12.0 Å². The molecule has 0 bridgehead atoms. The minimum Gasteiger partial charge on any atom is -0.481 e. The van der Waals surface area contributed by atoms with Gasteiger partial charge in [-0.1, -0.05) is 13.0 Å². The number of carboxylic acid groups (broad SMARTS) is 1. The largest absolute Gasteiger partial charge is 0.481 e. The lowest BCUT2D eigenvalue weighted by atomic mass is 9.76. The average molecular weight is 438 g/mol. The summed E-state index contributed by atoms with van der Waals surface area (Å²) < 4.78 is 0. The zero-order valence-corrected chi connectivity index (χ0v) is 18.1. The van der Waals surface area contributed by atoms with Gasteiger partial charge in [-0.05, 0) is 49.1 Å². The second kappa shape index (κ2) is 8.77. The van der Waals surface area contributed by atoms with Gasteiger partial charge in [-0.25, -0.2) is 20.2 Å². The Morgan fingerprint density at radius 2 is 1.84 bits per heavy atom. The summed E-state index contributed by atoms with van der Waals surface area (Å²) in [6, 6.07) is 5.22. The predicted octanol–water partition coefficient (Wildman–Crippen LogP) is 2.24. The smallest absolute Gasteiger partial charge is 0.335 e. The minimum atomic E-state index is -0.718. The van der Waals surface area contributed by atoms with Gasteiger partial charge in [0.25, 0.3) is 0 Å². The molecule has 11 nitrogen and oxygen atoms in total. The molecule has 1 aliphatic heterocycles. The molecular formula is C21H26N8O3. The van der Waals surface area contributed by atoms with Gasteiger partial charge in [0.2, 0.25) is 5.95 Å². The summed E-state index contributed by atoms with van der Waals surface area (Å²) in [7, 11) is 0. The number of aromatic nitrogens is 5. The zero-order valence-electron chi connectivity index (χ0n) is 18.1. The van der Waals surface area contributed by atoms with E-state index in [4.69, 9.17) is 0 Å². The first-order valence-electron chi connectivity index (χ1n) is 10.7. The Labute approximate surface area is 184 Å². The number of hydrogen-bond acceptors (Lipinski definition) is 7. The Hall–Kier alpha value is -3.76. The van der Waals surface area contributed by atoms with Crippen LogP contribution in [0.15, 0.2) is 30.6 Å². The van der Waals surface area contributed by atoms with Crippen LogP contribution in [0.25, 0.3) is 22.2 Å². The van der Waals surface area contributed by atoms with Crippen molar-refractivity contribution in [3.8, 4) is 11.1 Å². The van der Waals surface area contributed by atoms with E-state index < -0.39 is 11.4 Å². The summed E-state index contributed by atoms with van der Waals surface area (Å²) in [4.78, 5) is 35.7. The molecule has 11 heteroatoms. The number of anilines is 1. The van der Waals surface area contributed by atoms with Gasteiger partial charge in [-0.3, -0.25) is 4.79 Å². The molecule has 1 fully saturated rings. The molecule has 1 aromatic carbocycles. The molecule has 0 unspecified atom stereocenters. The van der Waals surface area contributed by atoms with Gasteiger partial charge in [0.05, 0.1) is 5.41 Å². The fraction of sp³-hybridized carbons (Fsp3) is 0.429. The molecule has 168 valence electrons. The van der Waals surface area contributed by atoms with E-state index in [2.05, 4.69) is 31.0 Å². The van der Waals surface area contributed by atoms with Crippen molar-refractivity contribution in [2.24, 2.45) is 5.41 Å². The van der Waals surface area contributed by atoms with Crippen LogP contribution in [0.2, 0.25) is 0 Å². The number of amides is 2. The van der Waals surface area contributed by atoms with E-state index in [1.54, 1.807) is 12.4 Å². The first kappa shape index (κ1) is 21.5. The van der Waals surface area contributed by atoms with Crippen molar-refractivity contribution < 1.29 is 14.7 Å². The summed E-state index contributed by atoms with van der Waals surface area (Å²) in [5.41, 5.74) is 4.97. The third-order valence-corrected chi connectivity index (χ3v) is 6.10. The van der Waals surface area contributed by atoms with Gasteiger partial charge in [-0.2, -0.15) is 0 Å². The van der Waals surface area contributed by atoms with E-state index in [-0.39, 0.29) is 6.03 Å². The molecule has 0 aliphatic carbocycles. The second-order valence-electron chi connectivity index (χ2n) is 7.87. The first-order chi connectivity index (χ1) is 15.5. The van der Waals surface area contributed by atoms with Crippen LogP contribution in [0.4, 0.5) is 10.7 Å². The maximum absolute atomic E-state index is 11.7. The van der Waals surface area contributed by atoms with Crippen LogP contribution in [-0.2, 0) is 4.79 Å². The number of piperidine rings is 1. The van der Waals surface area contributed by atoms with Crippen LogP contribution in [0, 0.1) is 5.41 Å². The quantitative estimate of drug-likeness (QED) is 0.533. The normalized spacial score (nSPS) is 15.5. The Morgan fingerprint density at radius 1 is 1.12 bits per heavy atom. The lowest BCUT2D eigenvalue weighted by Gasteiger charge is -2.38. The van der Waals surface area contributed by atoms with E-state index in [1.165, 1.54) is 4.79 Å². The van der Waals surface area contributed by atoms with Crippen molar-refractivity contribution in [2.75, 3.05) is 30.0 Å². The molecule has 0 radical (unpaired) electrons. The molecule has 3 aromatic rings. The van der Waals surface area contributed by atoms with Crippen LogP contribution in [0.1, 0.15) is 33.1 Å². The monoisotopic (exact) mass is 438 g/mol. The van der Waals surface area contributed by atoms with Crippen LogP contribution >= 0.6 is 0 Å². The molecular weight excluding hydrogens is 412 g/mol. The lowest BCUT2D eigenvalue weighted by molar-refractivity contribution is -0.150. The molecule has 0 atom stereocenters. The third-order valence-electron chi connectivity index (χ3n) is 6.10. The number of rotatable bonds is 6. The molecule has 3 N–H and O–H groups in total. The second-order valence-corrected chi connectivity index (χ2v) is 7.87. The molecule has 2 aromatic heterocycles. The number of hydrogen-bond donors (Lipinski definition) is 3. The fourth-order valence-corrected chi connectivity index (χ4v) is 3.97. The first-order valence-corrected chi connectivity index (χ1v) is 10.7. The van der Waals surface area contributed by atoms with Crippen LogP contribution in [0.5, 0.6) is 0 Å². The highest BCUT2D eigenvalue weighted by Gasteiger charge is 2.40. The maximum Gasteiger partial charge on any atom is 0.335 e. The molecule has 0 saturated carbocycles. The van der Waals surface area contributed by atoms with Gasteiger partial charge < -0.3 is 15.3 Å². The number of urea groups is 1. The summed E-state index contributed by atoms with van der Waals surface area (Å²) >= 11 is 0. The van der Waals surface area contributed by atoms with Crippen molar-refractivity contribution in [1.29, 1.82) is 0 Å². The predicted molar refractivity (Wildman–Crippen MR) is 119 cm³/mol. The summed E-state index contributed by atoms with van der Waals surface area (Å²) in [6.07, 6.45) is 5.29. The fourth-order valence-electron chi connectivity index (χ4n) is 3.97. The molecule has 3 heterocycles. The standard InChI is InChI=1S/C21H26N8O3/c1-3-21(18(30)31)7-9-28(10-8-21)19-23-12-15(13-24-19)14-5-6-17-16(11-14)25-27-29(17)26-20(32)22-4-2/h5-6,11-13H,3-4,7-10H2,1-2H3,(H,30,31)(H2,22,26,32). The SMILES string of the molecule is CCNC(=O)Nn1nnc2cc(-c3cnc(N4CCC(CC)(C(=O)O)CC4)nc3)ccc21. The van der Waals surface area contributed by atoms with E-state index >= 15 is 0 Å². The van der Waals surface area contributed by atoms with Crippen LogP contribution < -0.4 is 15.6 Å². The molecule has 32 heavy (non-hydrogen) atoms. The number of carbonyl (C=O) groups is 2. The maximum atomic E-state index is 11.7. The van der Waals surface area contributed by atoms with Crippen molar-refractivity contribution >= 4 is 29.0 Å². The third kappa shape index (κ3) is 4.05. The Balaban J connectivity index is 1.47. The number of carbonyl (C=O) groups excluding carboxylic acids is 1. The number of nitrogens with one attached hydrogen (secondary N) is 2. The number of aliphatic carboxylic acids is 1. The van der Waals surface area contributed by atoms with Crippen molar-refractivity contribution in [1.82, 2.24) is 30.4 Å². The van der Waals surface area contributed by atoms with E-state index in [9.17, 15) is 14.7 Å². The minimum absolute atomic E-state index is 0.357. The van der Waals surface area contributed by atoms with E-state index in [0.29, 0.717) is 55.9 Å².